The van der Waals surface area contributed by atoms with E-state index in [0.29, 0.717) is 24.2 Å². The van der Waals surface area contributed by atoms with Gasteiger partial charge in [0.2, 0.25) is 11.8 Å². The van der Waals surface area contributed by atoms with Crippen molar-refractivity contribution in [1.82, 2.24) is 14.7 Å². The third-order valence-corrected chi connectivity index (χ3v) is 8.25. The maximum Gasteiger partial charge on any atom is 0.225 e. The summed E-state index contributed by atoms with van der Waals surface area (Å²) in [7, 11) is 2.12. The molecule has 1 atom stereocenters. The highest BCUT2D eigenvalue weighted by molar-refractivity contribution is 5.79. The quantitative estimate of drug-likeness (QED) is 0.724. The van der Waals surface area contributed by atoms with Crippen LogP contribution in [0.3, 0.4) is 0 Å². The molecule has 5 heteroatoms. The van der Waals surface area contributed by atoms with E-state index in [1.807, 2.05) is 0 Å². The molecule has 5 nitrogen and oxygen atoms in total. The lowest BCUT2D eigenvalue weighted by molar-refractivity contribution is -0.137. The first-order chi connectivity index (χ1) is 15.0. The second kappa shape index (κ2) is 9.32. The number of likely N-dealkylation sites (tertiary alicyclic amines) is 1. The van der Waals surface area contributed by atoms with Crippen LogP contribution in [0.4, 0.5) is 0 Å². The third kappa shape index (κ3) is 4.39. The van der Waals surface area contributed by atoms with Crippen LogP contribution in [-0.2, 0) is 15.0 Å². The molecule has 1 aromatic rings. The maximum atomic E-state index is 13.1. The molecule has 1 aromatic carbocycles. The second-order valence-electron chi connectivity index (χ2n) is 10.00. The molecule has 2 heterocycles. The molecule has 170 valence electrons. The third-order valence-electron chi connectivity index (χ3n) is 8.25. The van der Waals surface area contributed by atoms with E-state index in [1.54, 1.807) is 0 Å². The number of hydrogen-bond acceptors (Lipinski definition) is 3. The van der Waals surface area contributed by atoms with Gasteiger partial charge in [0.25, 0.3) is 0 Å². The van der Waals surface area contributed by atoms with Gasteiger partial charge < -0.3 is 14.7 Å². The van der Waals surface area contributed by atoms with Gasteiger partial charge in [-0.05, 0) is 61.6 Å². The lowest BCUT2D eigenvalue weighted by atomic mass is 9.73. The summed E-state index contributed by atoms with van der Waals surface area (Å²) in [6.07, 6.45) is 5.58. The summed E-state index contributed by atoms with van der Waals surface area (Å²) in [5, 5.41) is 0. The van der Waals surface area contributed by atoms with Crippen LogP contribution in [-0.4, -0.2) is 72.8 Å². The molecule has 31 heavy (non-hydrogen) atoms. The molecular formula is C26H39N3O2. The number of carbonyl (C=O) groups is 2. The van der Waals surface area contributed by atoms with E-state index >= 15 is 0 Å². The van der Waals surface area contributed by atoms with Gasteiger partial charge in [0.15, 0.2) is 0 Å². The summed E-state index contributed by atoms with van der Waals surface area (Å²) in [4.78, 5) is 32.4. The van der Waals surface area contributed by atoms with E-state index < -0.39 is 0 Å². The molecule has 0 radical (unpaired) electrons. The molecule has 1 unspecified atom stereocenters. The summed E-state index contributed by atoms with van der Waals surface area (Å²) < 4.78 is 0. The van der Waals surface area contributed by atoms with Crippen molar-refractivity contribution >= 4 is 11.8 Å². The smallest absolute Gasteiger partial charge is 0.225 e. The van der Waals surface area contributed by atoms with Crippen LogP contribution in [0.1, 0.15) is 69.4 Å². The number of amides is 2. The molecule has 2 amide bonds. The molecular weight excluding hydrogens is 386 g/mol. The first-order valence-electron chi connectivity index (χ1n) is 12.3. The van der Waals surface area contributed by atoms with Gasteiger partial charge in [-0.15, -0.1) is 0 Å². The predicted molar refractivity (Wildman–Crippen MR) is 124 cm³/mol. The fourth-order valence-electron chi connectivity index (χ4n) is 6.13. The Kier molecular flexibility index (Phi) is 6.71. The highest BCUT2D eigenvalue weighted by Crippen LogP contribution is 2.52. The summed E-state index contributed by atoms with van der Waals surface area (Å²) >= 11 is 0. The number of likely N-dealkylation sites (N-methyl/N-ethyl adjacent to an activating group) is 1. The van der Waals surface area contributed by atoms with Crippen LogP contribution in [0.25, 0.3) is 0 Å². The van der Waals surface area contributed by atoms with Gasteiger partial charge in [0.1, 0.15) is 0 Å². The molecule has 0 N–H and O–H groups in total. The van der Waals surface area contributed by atoms with Crippen molar-refractivity contribution in [3.05, 3.63) is 35.4 Å². The van der Waals surface area contributed by atoms with Crippen LogP contribution in [0.15, 0.2) is 24.3 Å². The normalized spacial score (nSPS) is 23.4. The summed E-state index contributed by atoms with van der Waals surface area (Å²) in [6.45, 7) is 9.57. The van der Waals surface area contributed by atoms with Gasteiger partial charge in [-0.25, -0.2) is 0 Å². The van der Waals surface area contributed by atoms with Crippen LogP contribution in [0, 0.1) is 5.92 Å². The Hall–Kier alpha value is -1.88. The van der Waals surface area contributed by atoms with Crippen molar-refractivity contribution in [3.63, 3.8) is 0 Å². The Balaban J connectivity index is 1.45. The van der Waals surface area contributed by atoms with Gasteiger partial charge in [0, 0.05) is 51.6 Å². The molecule has 3 aliphatic rings. The van der Waals surface area contributed by atoms with E-state index in [9.17, 15) is 9.59 Å². The minimum Gasteiger partial charge on any atom is -0.342 e. The fraction of sp³-hybridized carbons (Fsp3) is 0.692. The van der Waals surface area contributed by atoms with Crippen LogP contribution in [0.5, 0.6) is 0 Å². The van der Waals surface area contributed by atoms with Gasteiger partial charge in [-0.1, -0.05) is 38.1 Å². The summed E-state index contributed by atoms with van der Waals surface area (Å²) in [5.74, 6) is 1.13. The molecule has 2 saturated heterocycles. The van der Waals surface area contributed by atoms with Gasteiger partial charge in [-0.3, -0.25) is 9.59 Å². The molecule has 1 spiro atoms. The maximum absolute atomic E-state index is 13.1. The average molecular weight is 426 g/mol. The summed E-state index contributed by atoms with van der Waals surface area (Å²) in [5.41, 5.74) is 2.96. The number of benzene rings is 1. The number of nitrogens with zero attached hydrogens (tertiary/aromatic N) is 3. The predicted octanol–water partition coefficient (Wildman–Crippen LogP) is 3.63. The van der Waals surface area contributed by atoms with Crippen LogP contribution >= 0.6 is 0 Å². The fourth-order valence-corrected chi connectivity index (χ4v) is 6.13. The number of carbonyl (C=O) groups excluding carboxylic acids is 2. The highest BCUT2D eigenvalue weighted by atomic mass is 16.2. The van der Waals surface area contributed by atoms with Crippen molar-refractivity contribution in [2.24, 2.45) is 5.92 Å². The highest BCUT2D eigenvalue weighted by Gasteiger charge is 2.46. The van der Waals surface area contributed by atoms with Crippen molar-refractivity contribution < 1.29 is 9.59 Å². The Bertz CT molecular complexity index is 788. The lowest BCUT2D eigenvalue weighted by Crippen LogP contribution is -2.47. The number of piperidine rings is 1. The Morgan fingerprint density at radius 2 is 1.61 bits per heavy atom. The van der Waals surface area contributed by atoms with Crippen LogP contribution in [0.2, 0.25) is 0 Å². The van der Waals surface area contributed by atoms with Crippen molar-refractivity contribution in [3.8, 4) is 0 Å². The molecule has 0 saturated carbocycles. The number of piperazine rings is 1. The van der Waals surface area contributed by atoms with E-state index in [2.05, 4.69) is 59.9 Å². The van der Waals surface area contributed by atoms with E-state index in [1.165, 1.54) is 11.1 Å². The molecule has 2 fully saturated rings. The van der Waals surface area contributed by atoms with Gasteiger partial charge >= 0.3 is 0 Å². The zero-order valence-corrected chi connectivity index (χ0v) is 19.6. The molecule has 2 aliphatic heterocycles. The largest absolute Gasteiger partial charge is 0.342 e. The summed E-state index contributed by atoms with van der Waals surface area (Å²) in [6, 6.07) is 8.80. The monoisotopic (exact) mass is 425 g/mol. The molecule has 0 aromatic heterocycles. The van der Waals surface area contributed by atoms with Gasteiger partial charge in [-0.2, -0.15) is 0 Å². The topological polar surface area (TPSA) is 43.9 Å². The SMILES string of the molecule is CCC(CC)C(=O)N1CCC2(CC1)CC(CC(=O)N1CCN(C)CC1)c1ccccc12. The number of rotatable bonds is 5. The first-order valence-corrected chi connectivity index (χ1v) is 12.3. The van der Waals surface area contributed by atoms with E-state index in [0.717, 1.165) is 71.4 Å². The molecule has 4 rings (SSSR count). The number of hydrogen-bond donors (Lipinski definition) is 0. The van der Waals surface area contributed by atoms with E-state index in [-0.39, 0.29) is 11.3 Å². The second-order valence-corrected chi connectivity index (χ2v) is 10.00. The number of fused-ring (bicyclic) bond motifs is 2. The minimum atomic E-state index is 0.133. The van der Waals surface area contributed by atoms with E-state index in [4.69, 9.17) is 0 Å². The Labute approximate surface area is 187 Å². The molecule has 1 aliphatic carbocycles. The zero-order valence-electron chi connectivity index (χ0n) is 19.6. The van der Waals surface area contributed by atoms with Gasteiger partial charge in [0.05, 0.1) is 0 Å². The standard InChI is InChI=1S/C26H39N3O2/c1-4-20(5-2)25(31)29-12-10-26(11-13-29)19-21(22-8-6-7-9-23(22)26)18-24(30)28-16-14-27(3)15-17-28/h6-9,20-21H,4-5,10-19H2,1-3H3. The van der Waals surface area contributed by atoms with Crippen molar-refractivity contribution in [2.45, 2.75) is 63.7 Å². The first kappa shape index (κ1) is 22.3. The minimum absolute atomic E-state index is 0.133. The lowest BCUT2D eigenvalue weighted by Gasteiger charge is -2.41. The van der Waals surface area contributed by atoms with Crippen molar-refractivity contribution in [2.75, 3.05) is 46.3 Å². The average Bonchev–Trinajstić information content (AvgIpc) is 3.08. The Morgan fingerprint density at radius 1 is 0.968 bits per heavy atom. The molecule has 0 bridgehead atoms. The zero-order chi connectivity index (χ0) is 22.0. The van der Waals surface area contributed by atoms with Crippen LogP contribution < -0.4 is 0 Å². The van der Waals surface area contributed by atoms with Crippen molar-refractivity contribution in [1.29, 1.82) is 0 Å². The Morgan fingerprint density at radius 3 is 2.26 bits per heavy atom.